The smallest absolute Gasteiger partial charge is 0.152 e. The van der Waals surface area contributed by atoms with Crippen molar-refractivity contribution < 1.29 is 4.74 Å². The van der Waals surface area contributed by atoms with E-state index >= 15 is 0 Å². The van der Waals surface area contributed by atoms with E-state index in [4.69, 9.17) is 10.5 Å². The van der Waals surface area contributed by atoms with Crippen molar-refractivity contribution in [2.45, 2.75) is 12.8 Å². The molecule has 2 rings (SSSR count). The van der Waals surface area contributed by atoms with Gasteiger partial charge in [-0.25, -0.2) is 9.97 Å². The highest BCUT2D eigenvalue weighted by Gasteiger charge is 2.13. The minimum absolute atomic E-state index is 0.563. The molecule has 2 heterocycles. The van der Waals surface area contributed by atoms with Gasteiger partial charge in [0.05, 0.1) is 18.5 Å². The Labute approximate surface area is 89.1 Å². The Morgan fingerprint density at radius 2 is 2.53 bits per heavy atom. The van der Waals surface area contributed by atoms with Gasteiger partial charge in [-0.15, -0.1) is 0 Å². The first-order valence-electron chi connectivity index (χ1n) is 5.23. The van der Waals surface area contributed by atoms with Gasteiger partial charge in [-0.1, -0.05) is 0 Å². The third kappa shape index (κ3) is 2.79. The zero-order valence-corrected chi connectivity index (χ0v) is 8.65. The highest BCUT2D eigenvalue weighted by molar-refractivity contribution is 5.58. The van der Waals surface area contributed by atoms with Crippen molar-refractivity contribution in [2.24, 2.45) is 5.92 Å². The van der Waals surface area contributed by atoms with Gasteiger partial charge < -0.3 is 15.8 Å². The van der Waals surface area contributed by atoms with Crippen LogP contribution in [0.5, 0.6) is 0 Å². The number of ether oxygens (including phenoxy) is 1. The molecule has 0 saturated carbocycles. The zero-order valence-electron chi connectivity index (χ0n) is 8.65. The van der Waals surface area contributed by atoms with Gasteiger partial charge >= 0.3 is 0 Å². The Kier molecular flexibility index (Phi) is 3.34. The van der Waals surface area contributed by atoms with E-state index in [-0.39, 0.29) is 0 Å². The molecule has 3 N–H and O–H groups in total. The summed E-state index contributed by atoms with van der Waals surface area (Å²) in [4.78, 5) is 7.91. The lowest BCUT2D eigenvalue weighted by atomic mass is 10.0. The third-order valence-corrected chi connectivity index (χ3v) is 2.55. The van der Waals surface area contributed by atoms with Gasteiger partial charge in [0.1, 0.15) is 6.33 Å². The lowest BCUT2D eigenvalue weighted by Crippen LogP contribution is -2.24. The average molecular weight is 208 g/mol. The van der Waals surface area contributed by atoms with Crippen LogP contribution in [0.4, 0.5) is 11.5 Å². The van der Waals surface area contributed by atoms with Crippen molar-refractivity contribution in [3.8, 4) is 0 Å². The third-order valence-electron chi connectivity index (χ3n) is 2.55. The predicted octanol–water partition coefficient (Wildman–Crippen LogP) is 0.897. The van der Waals surface area contributed by atoms with Gasteiger partial charge in [0, 0.05) is 13.2 Å². The average Bonchev–Trinajstić information content (AvgIpc) is 2.29. The van der Waals surface area contributed by atoms with E-state index in [1.807, 2.05) is 0 Å². The van der Waals surface area contributed by atoms with Crippen LogP contribution in [0.2, 0.25) is 0 Å². The molecule has 0 amide bonds. The van der Waals surface area contributed by atoms with Crippen LogP contribution < -0.4 is 11.1 Å². The van der Waals surface area contributed by atoms with Crippen LogP contribution in [0.1, 0.15) is 12.8 Å². The molecule has 0 radical (unpaired) electrons. The predicted molar refractivity (Wildman–Crippen MR) is 58.5 cm³/mol. The molecule has 1 aliphatic rings. The Hall–Kier alpha value is -1.36. The maximum atomic E-state index is 5.72. The molecule has 0 aliphatic carbocycles. The Morgan fingerprint density at radius 3 is 3.27 bits per heavy atom. The molecule has 15 heavy (non-hydrogen) atoms. The van der Waals surface area contributed by atoms with E-state index in [0.29, 0.717) is 11.6 Å². The van der Waals surface area contributed by atoms with E-state index in [2.05, 4.69) is 15.3 Å². The lowest BCUT2D eigenvalue weighted by Gasteiger charge is -2.22. The van der Waals surface area contributed by atoms with Crippen LogP contribution in [0.3, 0.4) is 0 Å². The van der Waals surface area contributed by atoms with E-state index in [1.54, 1.807) is 6.20 Å². The molecule has 1 aliphatic heterocycles. The second kappa shape index (κ2) is 4.93. The van der Waals surface area contributed by atoms with Crippen LogP contribution in [-0.2, 0) is 4.74 Å². The molecule has 1 aromatic heterocycles. The van der Waals surface area contributed by atoms with Gasteiger partial charge in [0.25, 0.3) is 0 Å². The molecule has 1 atom stereocenters. The summed E-state index contributed by atoms with van der Waals surface area (Å²) in [5.41, 5.74) is 6.31. The fraction of sp³-hybridized carbons (Fsp3) is 0.600. The standard InChI is InChI=1S/C10H16N4O/c11-9-5-12-7-14-10(9)13-4-8-2-1-3-15-6-8/h5,7-8H,1-4,6,11H2,(H,12,13,14). The quantitative estimate of drug-likeness (QED) is 0.772. The lowest BCUT2D eigenvalue weighted by molar-refractivity contribution is 0.0595. The molecule has 1 saturated heterocycles. The van der Waals surface area contributed by atoms with Crippen molar-refractivity contribution >= 4 is 11.5 Å². The first-order chi connectivity index (χ1) is 7.36. The maximum absolute atomic E-state index is 5.72. The molecule has 1 fully saturated rings. The van der Waals surface area contributed by atoms with Crippen LogP contribution in [0.25, 0.3) is 0 Å². The van der Waals surface area contributed by atoms with Crippen molar-refractivity contribution in [1.82, 2.24) is 9.97 Å². The SMILES string of the molecule is Nc1cncnc1NCC1CCCOC1. The molecule has 1 aromatic rings. The summed E-state index contributed by atoms with van der Waals surface area (Å²) in [6, 6.07) is 0. The second-order valence-corrected chi connectivity index (χ2v) is 3.79. The summed E-state index contributed by atoms with van der Waals surface area (Å²) in [5.74, 6) is 1.28. The number of hydrogen-bond acceptors (Lipinski definition) is 5. The summed E-state index contributed by atoms with van der Waals surface area (Å²) in [5, 5.41) is 3.23. The van der Waals surface area contributed by atoms with Crippen LogP contribution in [0.15, 0.2) is 12.5 Å². The van der Waals surface area contributed by atoms with Crippen molar-refractivity contribution in [3.05, 3.63) is 12.5 Å². The van der Waals surface area contributed by atoms with Gasteiger partial charge in [0.15, 0.2) is 5.82 Å². The number of nitrogen functional groups attached to an aromatic ring is 1. The summed E-state index contributed by atoms with van der Waals surface area (Å²) in [6.07, 6.45) is 5.45. The number of nitrogens with zero attached hydrogens (tertiary/aromatic N) is 2. The van der Waals surface area contributed by atoms with E-state index < -0.39 is 0 Å². The van der Waals surface area contributed by atoms with Crippen LogP contribution >= 0.6 is 0 Å². The molecule has 0 spiro atoms. The molecule has 5 nitrogen and oxygen atoms in total. The fourth-order valence-corrected chi connectivity index (χ4v) is 1.70. The Balaban J connectivity index is 1.84. The fourth-order valence-electron chi connectivity index (χ4n) is 1.70. The number of aromatic nitrogens is 2. The van der Waals surface area contributed by atoms with Gasteiger partial charge in [-0.3, -0.25) is 0 Å². The summed E-state index contributed by atoms with van der Waals surface area (Å²) < 4.78 is 5.40. The molecule has 82 valence electrons. The number of rotatable bonds is 3. The highest BCUT2D eigenvalue weighted by Crippen LogP contribution is 2.16. The maximum Gasteiger partial charge on any atom is 0.152 e. The zero-order chi connectivity index (χ0) is 10.5. The molecule has 1 unspecified atom stereocenters. The Morgan fingerprint density at radius 1 is 1.60 bits per heavy atom. The number of hydrogen-bond donors (Lipinski definition) is 2. The second-order valence-electron chi connectivity index (χ2n) is 3.79. The molecule has 0 bridgehead atoms. The summed E-state index contributed by atoms with van der Waals surface area (Å²) in [7, 11) is 0. The monoisotopic (exact) mass is 208 g/mol. The molecular formula is C10H16N4O. The first-order valence-corrected chi connectivity index (χ1v) is 5.23. The van der Waals surface area contributed by atoms with Gasteiger partial charge in [0.2, 0.25) is 0 Å². The summed E-state index contributed by atoms with van der Waals surface area (Å²) in [6.45, 7) is 2.59. The van der Waals surface area contributed by atoms with Crippen molar-refractivity contribution in [1.29, 1.82) is 0 Å². The minimum Gasteiger partial charge on any atom is -0.394 e. The van der Waals surface area contributed by atoms with Crippen LogP contribution in [-0.4, -0.2) is 29.7 Å². The number of nitrogens with two attached hydrogens (primary N) is 1. The molecule has 5 heteroatoms. The largest absolute Gasteiger partial charge is 0.394 e. The first kappa shape index (κ1) is 10.2. The van der Waals surface area contributed by atoms with Crippen molar-refractivity contribution in [3.63, 3.8) is 0 Å². The van der Waals surface area contributed by atoms with E-state index in [9.17, 15) is 0 Å². The molecular weight excluding hydrogens is 192 g/mol. The summed E-state index contributed by atoms with van der Waals surface area (Å²) >= 11 is 0. The Bertz CT molecular complexity index is 312. The number of nitrogens with one attached hydrogen (secondary N) is 1. The van der Waals surface area contributed by atoms with Gasteiger partial charge in [-0.05, 0) is 18.8 Å². The topological polar surface area (TPSA) is 73.1 Å². The van der Waals surface area contributed by atoms with E-state index in [1.165, 1.54) is 12.7 Å². The highest BCUT2D eigenvalue weighted by atomic mass is 16.5. The van der Waals surface area contributed by atoms with Crippen molar-refractivity contribution in [2.75, 3.05) is 30.8 Å². The molecule has 0 aromatic carbocycles. The van der Waals surface area contributed by atoms with Crippen LogP contribution in [0, 0.1) is 5.92 Å². The minimum atomic E-state index is 0.563. The van der Waals surface area contributed by atoms with E-state index in [0.717, 1.165) is 32.0 Å². The number of anilines is 2. The van der Waals surface area contributed by atoms with Gasteiger partial charge in [-0.2, -0.15) is 0 Å². The normalized spacial score (nSPS) is 21.2.